The SMILES string of the molecule is CCCn1nc(C)c([N+](=O)[O-])c1NCCC1CCOC1. The number of hydrogen-bond donors (Lipinski definition) is 1. The third kappa shape index (κ3) is 3.27. The first-order valence-corrected chi connectivity index (χ1v) is 7.16. The van der Waals surface area contributed by atoms with Crippen molar-refractivity contribution >= 4 is 11.5 Å². The Kier molecular flexibility index (Phi) is 4.94. The van der Waals surface area contributed by atoms with Gasteiger partial charge >= 0.3 is 5.69 Å². The third-order valence-corrected chi connectivity index (χ3v) is 3.58. The maximum absolute atomic E-state index is 11.2. The van der Waals surface area contributed by atoms with Crippen molar-refractivity contribution in [2.45, 2.75) is 39.7 Å². The van der Waals surface area contributed by atoms with Gasteiger partial charge in [0, 0.05) is 26.3 Å². The highest BCUT2D eigenvalue weighted by atomic mass is 16.6. The van der Waals surface area contributed by atoms with E-state index in [1.165, 1.54) is 0 Å². The molecule has 2 rings (SSSR count). The van der Waals surface area contributed by atoms with Crippen LogP contribution >= 0.6 is 0 Å². The molecular formula is C13H22N4O3. The average molecular weight is 282 g/mol. The first kappa shape index (κ1) is 14.8. The van der Waals surface area contributed by atoms with Crippen LogP contribution in [0.3, 0.4) is 0 Å². The molecule has 0 saturated carbocycles. The molecule has 1 aromatic rings. The quantitative estimate of drug-likeness (QED) is 0.613. The van der Waals surface area contributed by atoms with Crippen LogP contribution in [0.1, 0.15) is 31.9 Å². The Bertz CT molecular complexity index is 466. The van der Waals surface area contributed by atoms with E-state index < -0.39 is 0 Å². The summed E-state index contributed by atoms with van der Waals surface area (Å²) in [6.45, 7) is 6.74. The highest BCUT2D eigenvalue weighted by Crippen LogP contribution is 2.28. The summed E-state index contributed by atoms with van der Waals surface area (Å²) in [5, 5.41) is 18.6. The third-order valence-electron chi connectivity index (χ3n) is 3.58. The van der Waals surface area contributed by atoms with Crippen LogP contribution in [-0.2, 0) is 11.3 Å². The zero-order valence-corrected chi connectivity index (χ0v) is 12.1. The lowest BCUT2D eigenvalue weighted by molar-refractivity contribution is -0.384. The summed E-state index contributed by atoms with van der Waals surface area (Å²) in [7, 11) is 0. The summed E-state index contributed by atoms with van der Waals surface area (Å²) in [6.07, 6.45) is 2.94. The Labute approximate surface area is 118 Å². The van der Waals surface area contributed by atoms with Crippen LogP contribution in [0.4, 0.5) is 11.5 Å². The van der Waals surface area contributed by atoms with E-state index >= 15 is 0 Å². The minimum absolute atomic E-state index is 0.0983. The standard InChI is InChI=1S/C13H22N4O3/c1-3-7-16-13(12(17(18)19)10(2)15-16)14-6-4-11-5-8-20-9-11/h11,14H,3-9H2,1-2H3. The number of aromatic nitrogens is 2. The summed E-state index contributed by atoms with van der Waals surface area (Å²) in [5.74, 6) is 1.10. The number of nitrogens with zero attached hydrogens (tertiary/aromatic N) is 3. The number of nitrogens with one attached hydrogen (secondary N) is 1. The molecule has 0 bridgehead atoms. The Morgan fingerprint density at radius 2 is 2.40 bits per heavy atom. The van der Waals surface area contributed by atoms with Crippen molar-refractivity contribution in [2.24, 2.45) is 5.92 Å². The first-order valence-electron chi connectivity index (χ1n) is 7.16. The van der Waals surface area contributed by atoms with Gasteiger partial charge in [0.05, 0.1) is 4.92 Å². The van der Waals surface area contributed by atoms with Crippen molar-refractivity contribution in [1.29, 1.82) is 0 Å². The van der Waals surface area contributed by atoms with Crippen molar-refractivity contribution in [3.05, 3.63) is 15.8 Å². The molecule has 0 amide bonds. The molecule has 1 N–H and O–H groups in total. The van der Waals surface area contributed by atoms with Gasteiger partial charge in [-0.2, -0.15) is 5.10 Å². The van der Waals surface area contributed by atoms with Crippen LogP contribution in [0.2, 0.25) is 0 Å². The lowest BCUT2D eigenvalue weighted by Gasteiger charge is -2.10. The zero-order chi connectivity index (χ0) is 14.5. The van der Waals surface area contributed by atoms with Gasteiger partial charge in [0.15, 0.2) is 0 Å². The highest BCUT2D eigenvalue weighted by Gasteiger charge is 2.25. The second kappa shape index (κ2) is 6.69. The number of ether oxygens (including phenoxy) is 1. The molecule has 1 aliphatic rings. The van der Waals surface area contributed by atoms with E-state index in [9.17, 15) is 10.1 Å². The van der Waals surface area contributed by atoms with Gasteiger partial charge in [-0.05, 0) is 32.1 Å². The van der Waals surface area contributed by atoms with Crippen LogP contribution in [0, 0.1) is 23.0 Å². The van der Waals surface area contributed by atoms with E-state index in [4.69, 9.17) is 4.74 Å². The lowest BCUT2D eigenvalue weighted by Crippen LogP contribution is -2.13. The van der Waals surface area contributed by atoms with Crippen LogP contribution in [0.25, 0.3) is 0 Å². The molecule has 112 valence electrons. The molecule has 7 heteroatoms. The molecule has 1 aromatic heterocycles. The van der Waals surface area contributed by atoms with Crippen LogP contribution in [0.5, 0.6) is 0 Å². The van der Waals surface area contributed by atoms with Crippen molar-refractivity contribution < 1.29 is 9.66 Å². The fraction of sp³-hybridized carbons (Fsp3) is 0.769. The van der Waals surface area contributed by atoms with E-state index in [-0.39, 0.29) is 10.6 Å². The lowest BCUT2D eigenvalue weighted by atomic mass is 10.1. The molecule has 1 unspecified atom stereocenters. The van der Waals surface area contributed by atoms with Crippen LogP contribution < -0.4 is 5.32 Å². The molecule has 1 aliphatic heterocycles. The fourth-order valence-electron chi connectivity index (χ4n) is 2.54. The normalized spacial score (nSPS) is 18.4. The van der Waals surface area contributed by atoms with Crippen molar-refractivity contribution in [1.82, 2.24) is 9.78 Å². The van der Waals surface area contributed by atoms with Gasteiger partial charge in [0.25, 0.3) is 0 Å². The van der Waals surface area contributed by atoms with Gasteiger partial charge in [-0.1, -0.05) is 6.92 Å². The Balaban J connectivity index is 2.04. The number of anilines is 1. The summed E-state index contributed by atoms with van der Waals surface area (Å²) < 4.78 is 7.04. The second-order valence-electron chi connectivity index (χ2n) is 5.21. The molecule has 0 radical (unpaired) electrons. The molecule has 1 atom stereocenters. The van der Waals surface area contributed by atoms with E-state index in [0.29, 0.717) is 30.5 Å². The van der Waals surface area contributed by atoms with E-state index in [1.54, 1.807) is 11.6 Å². The molecule has 20 heavy (non-hydrogen) atoms. The molecule has 0 spiro atoms. The largest absolute Gasteiger partial charge is 0.381 e. The first-order chi connectivity index (χ1) is 9.63. The molecule has 0 aromatic carbocycles. The summed E-state index contributed by atoms with van der Waals surface area (Å²) in [5.41, 5.74) is 0.566. The van der Waals surface area contributed by atoms with E-state index in [2.05, 4.69) is 10.4 Å². The molecule has 7 nitrogen and oxygen atoms in total. The van der Waals surface area contributed by atoms with Crippen molar-refractivity contribution in [3.63, 3.8) is 0 Å². The van der Waals surface area contributed by atoms with Gasteiger partial charge in [-0.15, -0.1) is 0 Å². The molecule has 0 aliphatic carbocycles. The van der Waals surface area contributed by atoms with Crippen molar-refractivity contribution in [2.75, 3.05) is 25.1 Å². The molecular weight excluding hydrogens is 260 g/mol. The Morgan fingerprint density at radius 3 is 3.00 bits per heavy atom. The smallest absolute Gasteiger partial charge is 0.333 e. The number of rotatable bonds is 7. The maximum Gasteiger partial charge on any atom is 0.333 e. The van der Waals surface area contributed by atoms with Crippen LogP contribution in [-0.4, -0.2) is 34.5 Å². The highest BCUT2D eigenvalue weighted by molar-refractivity contribution is 5.59. The van der Waals surface area contributed by atoms with Gasteiger partial charge in [0.1, 0.15) is 5.69 Å². The number of hydrogen-bond acceptors (Lipinski definition) is 5. The fourth-order valence-corrected chi connectivity index (χ4v) is 2.54. The molecule has 1 fully saturated rings. The van der Waals surface area contributed by atoms with Gasteiger partial charge < -0.3 is 10.1 Å². The predicted octanol–water partition coefficient (Wildman–Crippen LogP) is 2.35. The van der Waals surface area contributed by atoms with E-state index in [1.807, 2.05) is 6.92 Å². The second-order valence-corrected chi connectivity index (χ2v) is 5.21. The Morgan fingerprint density at radius 1 is 1.60 bits per heavy atom. The number of nitro groups is 1. The topological polar surface area (TPSA) is 82.2 Å². The summed E-state index contributed by atoms with van der Waals surface area (Å²) >= 11 is 0. The van der Waals surface area contributed by atoms with Gasteiger partial charge in [0.2, 0.25) is 5.82 Å². The summed E-state index contributed by atoms with van der Waals surface area (Å²) in [6, 6.07) is 0. The minimum Gasteiger partial charge on any atom is -0.381 e. The maximum atomic E-state index is 11.2. The summed E-state index contributed by atoms with van der Waals surface area (Å²) in [4.78, 5) is 10.8. The molecule has 2 heterocycles. The molecule has 1 saturated heterocycles. The number of aryl methyl sites for hydroxylation is 2. The van der Waals surface area contributed by atoms with Crippen LogP contribution in [0.15, 0.2) is 0 Å². The van der Waals surface area contributed by atoms with Gasteiger partial charge in [-0.3, -0.25) is 10.1 Å². The van der Waals surface area contributed by atoms with Gasteiger partial charge in [-0.25, -0.2) is 4.68 Å². The van der Waals surface area contributed by atoms with Crippen molar-refractivity contribution in [3.8, 4) is 0 Å². The van der Waals surface area contributed by atoms with E-state index in [0.717, 1.165) is 32.5 Å². The zero-order valence-electron chi connectivity index (χ0n) is 12.1. The average Bonchev–Trinajstić information content (AvgIpc) is 2.99. The predicted molar refractivity (Wildman–Crippen MR) is 75.9 cm³/mol. The minimum atomic E-state index is -0.352. The Hall–Kier alpha value is -1.63. The monoisotopic (exact) mass is 282 g/mol.